The van der Waals surface area contributed by atoms with E-state index in [9.17, 15) is 4.79 Å². The molecule has 1 amide bonds. The van der Waals surface area contributed by atoms with Crippen LogP contribution >= 0.6 is 0 Å². The first-order chi connectivity index (χ1) is 9.92. The summed E-state index contributed by atoms with van der Waals surface area (Å²) >= 11 is 0. The molecule has 0 unspecified atom stereocenters. The lowest BCUT2D eigenvalue weighted by molar-refractivity contribution is 0.0774. The zero-order valence-electron chi connectivity index (χ0n) is 13.1. The van der Waals surface area contributed by atoms with Gasteiger partial charge in [0, 0.05) is 25.2 Å². The molecule has 0 atom stereocenters. The summed E-state index contributed by atoms with van der Waals surface area (Å²) in [5, 5.41) is 8.17. The highest BCUT2D eigenvalue weighted by Gasteiger charge is 2.19. The van der Waals surface area contributed by atoms with Crippen molar-refractivity contribution >= 4 is 5.91 Å². The summed E-state index contributed by atoms with van der Waals surface area (Å²) in [7, 11) is 1.70. The molecule has 0 aliphatic rings. The fourth-order valence-electron chi connectivity index (χ4n) is 1.98. The summed E-state index contributed by atoms with van der Waals surface area (Å²) in [6.45, 7) is 8.92. The zero-order chi connectivity index (χ0) is 15.6. The summed E-state index contributed by atoms with van der Waals surface area (Å²) in [6, 6.07) is 1.79. The molecule has 0 radical (unpaired) electrons. The Labute approximate surface area is 123 Å². The lowest BCUT2D eigenvalue weighted by Gasteiger charge is -2.12. The Morgan fingerprint density at radius 2 is 2.19 bits per heavy atom. The number of aromatic nitrogens is 4. The monoisotopic (exact) mass is 291 g/mol. The SMILES string of the molecule is CCn1nc(C(=O)N(C)Cc2noc(C(C)C)n2)cc1C. The van der Waals surface area contributed by atoms with E-state index in [0.717, 1.165) is 12.2 Å². The van der Waals surface area contributed by atoms with E-state index in [0.29, 0.717) is 24.0 Å². The van der Waals surface area contributed by atoms with Crippen molar-refractivity contribution in [2.24, 2.45) is 0 Å². The van der Waals surface area contributed by atoms with Gasteiger partial charge in [-0.25, -0.2) is 0 Å². The molecule has 0 aliphatic carbocycles. The Morgan fingerprint density at radius 1 is 1.48 bits per heavy atom. The molecule has 0 saturated carbocycles. The van der Waals surface area contributed by atoms with Crippen molar-refractivity contribution in [1.29, 1.82) is 0 Å². The van der Waals surface area contributed by atoms with Crippen molar-refractivity contribution in [3.63, 3.8) is 0 Å². The molecular formula is C14H21N5O2. The van der Waals surface area contributed by atoms with Crippen LogP contribution in [0.15, 0.2) is 10.6 Å². The first-order valence-electron chi connectivity index (χ1n) is 7.04. The highest BCUT2D eigenvalue weighted by atomic mass is 16.5. The lowest BCUT2D eigenvalue weighted by atomic mass is 10.2. The Balaban J connectivity index is 2.07. The minimum Gasteiger partial charge on any atom is -0.339 e. The number of carbonyl (C=O) groups is 1. The number of amides is 1. The molecule has 0 bridgehead atoms. The van der Waals surface area contributed by atoms with Gasteiger partial charge in [-0.15, -0.1) is 0 Å². The van der Waals surface area contributed by atoms with E-state index in [1.165, 1.54) is 4.90 Å². The van der Waals surface area contributed by atoms with Gasteiger partial charge in [-0.05, 0) is 19.9 Å². The van der Waals surface area contributed by atoms with E-state index in [4.69, 9.17) is 4.52 Å². The molecule has 0 spiro atoms. The van der Waals surface area contributed by atoms with E-state index >= 15 is 0 Å². The van der Waals surface area contributed by atoms with Crippen LogP contribution < -0.4 is 0 Å². The number of aryl methyl sites for hydroxylation is 2. The number of hydrogen-bond acceptors (Lipinski definition) is 5. The average molecular weight is 291 g/mol. The Bertz CT molecular complexity index is 629. The first kappa shape index (κ1) is 15.2. The fourth-order valence-corrected chi connectivity index (χ4v) is 1.98. The normalized spacial score (nSPS) is 11.1. The fraction of sp³-hybridized carbons (Fsp3) is 0.571. The van der Waals surface area contributed by atoms with E-state index in [1.54, 1.807) is 17.8 Å². The van der Waals surface area contributed by atoms with Crippen molar-refractivity contribution in [2.75, 3.05) is 7.05 Å². The van der Waals surface area contributed by atoms with Gasteiger partial charge < -0.3 is 9.42 Å². The summed E-state index contributed by atoms with van der Waals surface area (Å²) in [4.78, 5) is 18.1. The summed E-state index contributed by atoms with van der Waals surface area (Å²) in [6.07, 6.45) is 0. The zero-order valence-corrected chi connectivity index (χ0v) is 13.1. The number of hydrogen-bond donors (Lipinski definition) is 0. The van der Waals surface area contributed by atoms with Crippen molar-refractivity contribution in [2.45, 2.75) is 46.7 Å². The van der Waals surface area contributed by atoms with E-state index in [2.05, 4.69) is 15.2 Å². The maximum atomic E-state index is 12.3. The number of carbonyl (C=O) groups excluding carboxylic acids is 1. The van der Waals surface area contributed by atoms with Crippen LogP contribution in [0.5, 0.6) is 0 Å². The molecule has 7 heteroatoms. The molecule has 2 heterocycles. The molecular weight excluding hydrogens is 270 g/mol. The topological polar surface area (TPSA) is 77.0 Å². The van der Waals surface area contributed by atoms with E-state index in [-0.39, 0.29) is 11.8 Å². The van der Waals surface area contributed by atoms with Gasteiger partial charge in [0.25, 0.3) is 5.91 Å². The van der Waals surface area contributed by atoms with Gasteiger partial charge in [-0.2, -0.15) is 10.1 Å². The van der Waals surface area contributed by atoms with Crippen LogP contribution in [0, 0.1) is 6.92 Å². The maximum absolute atomic E-state index is 12.3. The quantitative estimate of drug-likeness (QED) is 0.842. The summed E-state index contributed by atoms with van der Waals surface area (Å²) in [5.74, 6) is 1.11. The van der Waals surface area contributed by atoms with Crippen LogP contribution in [0.25, 0.3) is 0 Å². The lowest BCUT2D eigenvalue weighted by Crippen LogP contribution is -2.27. The molecule has 0 saturated heterocycles. The molecule has 2 rings (SSSR count). The standard InChI is InChI=1S/C14H21N5O2/c1-6-19-10(4)7-11(16-19)14(20)18(5)8-12-15-13(9(2)3)21-17-12/h7,9H,6,8H2,1-5H3. The highest BCUT2D eigenvalue weighted by Crippen LogP contribution is 2.12. The molecule has 21 heavy (non-hydrogen) atoms. The smallest absolute Gasteiger partial charge is 0.274 e. The summed E-state index contributed by atoms with van der Waals surface area (Å²) in [5.41, 5.74) is 1.40. The third-order valence-corrected chi connectivity index (χ3v) is 3.20. The van der Waals surface area contributed by atoms with Crippen LogP contribution in [0.1, 0.15) is 54.6 Å². The van der Waals surface area contributed by atoms with Crippen LogP contribution in [-0.2, 0) is 13.1 Å². The molecule has 0 aliphatic heterocycles. The average Bonchev–Trinajstić information content (AvgIpc) is 3.04. The van der Waals surface area contributed by atoms with Gasteiger partial charge in [0.15, 0.2) is 11.5 Å². The minimum atomic E-state index is -0.152. The predicted octanol–water partition coefficient (Wildman–Crippen LogP) is 1.99. The molecule has 7 nitrogen and oxygen atoms in total. The van der Waals surface area contributed by atoms with Crippen molar-refractivity contribution < 1.29 is 9.32 Å². The number of nitrogens with zero attached hydrogens (tertiary/aromatic N) is 5. The third kappa shape index (κ3) is 3.29. The first-order valence-corrected chi connectivity index (χ1v) is 7.04. The second-order valence-corrected chi connectivity index (χ2v) is 5.35. The minimum absolute atomic E-state index is 0.152. The summed E-state index contributed by atoms with van der Waals surface area (Å²) < 4.78 is 6.93. The Morgan fingerprint density at radius 3 is 2.71 bits per heavy atom. The molecule has 2 aromatic rings. The Hall–Kier alpha value is -2.18. The Kier molecular flexibility index (Phi) is 4.40. The van der Waals surface area contributed by atoms with Gasteiger partial charge in [-0.1, -0.05) is 19.0 Å². The molecule has 0 aromatic carbocycles. The van der Waals surface area contributed by atoms with Gasteiger partial charge in [0.2, 0.25) is 5.89 Å². The second-order valence-electron chi connectivity index (χ2n) is 5.35. The van der Waals surface area contributed by atoms with Gasteiger partial charge in [0.1, 0.15) is 0 Å². The molecule has 2 aromatic heterocycles. The van der Waals surface area contributed by atoms with Gasteiger partial charge in [-0.3, -0.25) is 9.48 Å². The third-order valence-electron chi connectivity index (χ3n) is 3.20. The molecule has 114 valence electrons. The van der Waals surface area contributed by atoms with E-state index < -0.39 is 0 Å². The van der Waals surface area contributed by atoms with Crippen molar-refractivity contribution in [1.82, 2.24) is 24.8 Å². The van der Waals surface area contributed by atoms with Gasteiger partial charge in [0.05, 0.1) is 6.54 Å². The second kappa shape index (κ2) is 6.07. The van der Waals surface area contributed by atoms with Crippen LogP contribution in [0.4, 0.5) is 0 Å². The number of rotatable bonds is 5. The van der Waals surface area contributed by atoms with Crippen molar-refractivity contribution in [3.05, 3.63) is 29.2 Å². The van der Waals surface area contributed by atoms with Crippen molar-refractivity contribution in [3.8, 4) is 0 Å². The molecule has 0 fully saturated rings. The molecule has 0 N–H and O–H groups in total. The largest absolute Gasteiger partial charge is 0.339 e. The van der Waals surface area contributed by atoms with Crippen LogP contribution in [0.2, 0.25) is 0 Å². The van der Waals surface area contributed by atoms with E-state index in [1.807, 2.05) is 27.7 Å². The van der Waals surface area contributed by atoms with Crippen LogP contribution in [-0.4, -0.2) is 37.8 Å². The van der Waals surface area contributed by atoms with Gasteiger partial charge >= 0.3 is 0 Å². The maximum Gasteiger partial charge on any atom is 0.274 e. The predicted molar refractivity (Wildman–Crippen MR) is 76.8 cm³/mol. The highest BCUT2D eigenvalue weighted by molar-refractivity contribution is 5.92. The van der Waals surface area contributed by atoms with Crippen LogP contribution in [0.3, 0.4) is 0 Å².